The first-order valence-corrected chi connectivity index (χ1v) is 5.84. The molecule has 0 aliphatic carbocycles. The summed E-state index contributed by atoms with van der Waals surface area (Å²) in [4.78, 5) is 46.2. The molecule has 1 heterocycles. The zero-order valence-electron chi connectivity index (χ0n) is 10.5. The maximum absolute atomic E-state index is 11.8. The molecule has 0 fully saturated rings. The molecule has 8 nitrogen and oxygen atoms in total. The monoisotopic (exact) mass is 282 g/mol. The molecule has 0 radical (unpaired) electrons. The number of pyridine rings is 1. The van der Waals surface area contributed by atoms with Crippen LogP contribution in [-0.4, -0.2) is 39.1 Å². The van der Waals surface area contributed by atoms with E-state index in [1.54, 1.807) is 0 Å². The maximum atomic E-state index is 11.8. The largest absolute Gasteiger partial charge is 0.481 e. The van der Waals surface area contributed by atoms with Crippen molar-refractivity contribution in [2.45, 2.75) is 25.3 Å². The van der Waals surface area contributed by atoms with Crippen LogP contribution in [0.3, 0.4) is 0 Å². The summed E-state index contributed by atoms with van der Waals surface area (Å²) >= 11 is 0. The molecule has 20 heavy (non-hydrogen) atoms. The van der Waals surface area contributed by atoms with E-state index in [2.05, 4.69) is 10.3 Å². The zero-order valence-corrected chi connectivity index (χ0v) is 10.5. The number of hydrogen-bond acceptors (Lipinski definition) is 4. The van der Waals surface area contributed by atoms with Gasteiger partial charge >= 0.3 is 11.9 Å². The van der Waals surface area contributed by atoms with Gasteiger partial charge in [-0.3, -0.25) is 14.4 Å². The highest BCUT2D eigenvalue weighted by Gasteiger charge is 2.20. The topological polar surface area (TPSA) is 137 Å². The van der Waals surface area contributed by atoms with Crippen LogP contribution in [0.2, 0.25) is 0 Å². The van der Waals surface area contributed by atoms with Crippen LogP contribution < -0.4 is 10.9 Å². The van der Waals surface area contributed by atoms with Crippen molar-refractivity contribution in [1.82, 2.24) is 10.3 Å². The number of hydrogen-bond donors (Lipinski definition) is 4. The van der Waals surface area contributed by atoms with Crippen molar-refractivity contribution in [3.63, 3.8) is 0 Å². The van der Waals surface area contributed by atoms with Crippen molar-refractivity contribution in [3.05, 3.63) is 34.2 Å². The van der Waals surface area contributed by atoms with Crippen LogP contribution in [0.25, 0.3) is 0 Å². The number of carbonyl (C=O) groups is 3. The Morgan fingerprint density at radius 3 is 2.45 bits per heavy atom. The van der Waals surface area contributed by atoms with E-state index in [9.17, 15) is 19.2 Å². The molecule has 0 saturated heterocycles. The first kappa shape index (κ1) is 15.4. The summed E-state index contributed by atoms with van der Waals surface area (Å²) in [5.41, 5.74) is -0.258. The van der Waals surface area contributed by atoms with Gasteiger partial charge < -0.3 is 20.5 Å². The van der Waals surface area contributed by atoms with Gasteiger partial charge in [-0.15, -0.1) is 0 Å². The number of carboxylic acid groups (broad SMARTS) is 2. The second-order valence-corrected chi connectivity index (χ2v) is 4.09. The number of H-pyrrole nitrogens is 1. The second kappa shape index (κ2) is 7.07. The average Bonchev–Trinajstić information content (AvgIpc) is 2.37. The molecule has 0 saturated carbocycles. The molecule has 1 amide bonds. The number of aromatic amines is 1. The van der Waals surface area contributed by atoms with Gasteiger partial charge in [-0.2, -0.15) is 0 Å². The molecule has 1 aromatic heterocycles. The molecule has 1 atom stereocenters. The number of rotatable bonds is 7. The lowest BCUT2D eigenvalue weighted by Crippen LogP contribution is -2.41. The van der Waals surface area contributed by atoms with E-state index in [-0.39, 0.29) is 30.4 Å². The van der Waals surface area contributed by atoms with E-state index in [0.29, 0.717) is 0 Å². The van der Waals surface area contributed by atoms with Crippen molar-refractivity contribution < 1.29 is 24.6 Å². The standard InChI is InChI=1S/C12H14N2O6/c15-9-5-4-7(6-13-9)11(18)14-8(12(19)20)2-1-3-10(16)17/h4-6,8H,1-3H2,(H,13,15)(H,14,18)(H,16,17)(H,19,20)/t8-/m1/s1. The van der Waals surface area contributed by atoms with E-state index in [1.807, 2.05) is 0 Å². The Morgan fingerprint density at radius 2 is 1.95 bits per heavy atom. The molecular weight excluding hydrogens is 268 g/mol. The first-order chi connectivity index (χ1) is 9.40. The van der Waals surface area contributed by atoms with Gasteiger partial charge in [-0.25, -0.2) is 4.79 Å². The van der Waals surface area contributed by atoms with Gasteiger partial charge in [-0.1, -0.05) is 0 Å². The molecule has 1 rings (SSSR count). The lowest BCUT2D eigenvalue weighted by atomic mass is 10.1. The normalized spacial score (nSPS) is 11.6. The molecule has 108 valence electrons. The fourth-order valence-corrected chi connectivity index (χ4v) is 1.51. The van der Waals surface area contributed by atoms with E-state index < -0.39 is 23.9 Å². The van der Waals surface area contributed by atoms with Crippen LogP contribution >= 0.6 is 0 Å². The highest BCUT2D eigenvalue weighted by molar-refractivity contribution is 5.96. The minimum atomic E-state index is -1.24. The van der Waals surface area contributed by atoms with Gasteiger partial charge in [0.25, 0.3) is 5.91 Å². The van der Waals surface area contributed by atoms with Crippen LogP contribution in [0.5, 0.6) is 0 Å². The fourth-order valence-electron chi connectivity index (χ4n) is 1.51. The number of carboxylic acids is 2. The first-order valence-electron chi connectivity index (χ1n) is 5.84. The lowest BCUT2D eigenvalue weighted by molar-refractivity contribution is -0.140. The average molecular weight is 282 g/mol. The van der Waals surface area contributed by atoms with Crippen LogP contribution in [-0.2, 0) is 9.59 Å². The van der Waals surface area contributed by atoms with Crippen LogP contribution in [0.4, 0.5) is 0 Å². The molecule has 8 heteroatoms. The van der Waals surface area contributed by atoms with E-state index in [4.69, 9.17) is 10.2 Å². The third kappa shape index (κ3) is 4.92. The summed E-state index contributed by atoms with van der Waals surface area (Å²) in [6, 6.07) is 1.24. The lowest BCUT2D eigenvalue weighted by Gasteiger charge is -2.13. The molecule has 4 N–H and O–H groups in total. The van der Waals surface area contributed by atoms with Crippen LogP contribution in [0.1, 0.15) is 29.6 Å². The van der Waals surface area contributed by atoms with Gasteiger partial charge in [0.15, 0.2) is 0 Å². The van der Waals surface area contributed by atoms with Gasteiger partial charge in [0.1, 0.15) is 6.04 Å². The quantitative estimate of drug-likeness (QED) is 0.547. The molecule has 0 bridgehead atoms. The predicted octanol–water partition coefficient (Wildman–Crippen LogP) is -0.187. The summed E-state index contributed by atoms with van der Waals surface area (Å²) in [5, 5.41) is 19.7. The number of amides is 1. The number of aliphatic carboxylic acids is 2. The summed E-state index contributed by atoms with van der Waals surface area (Å²) in [6.45, 7) is 0. The minimum Gasteiger partial charge on any atom is -0.481 e. The molecule has 0 spiro atoms. The molecule has 0 aliphatic heterocycles. The van der Waals surface area contributed by atoms with Crippen molar-refractivity contribution in [2.75, 3.05) is 0 Å². The Bertz CT molecular complexity index is 545. The van der Waals surface area contributed by atoms with Crippen LogP contribution in [0.15, 0.2) is 23.1 Å². The van der Waals surface area contributed by atoms with Crippen molar-refractivity contribution in [1.29, 1.82) is 0 Å². The maximum Gasteiger partial charge on any atom is 0.326 e. The summed E-state index contributed by atoms with van der Waals surface area (Å²) < 4.78 is 0. The Hall–Kier alpha value is -2.64. The molecule has 1 aromatic rings. The fraction of sp³-hybridized carbons (Fsp3) is 0.333. The summed E-state index contributed by atoms with van der Waals surface area (Å²) in [5.74, 6) is -2.92. The summed E-state index contributed by atoms with van der Waals surface area (Å²) in [6.07, 6.45) is 1.15. The van der Waals surface area contributed by atoms with E-state index >= 15 is 0 Å². The van der Waals surface area contributed by atoms with Gasteiger partial charge in [0, 0.05) is 18.7 Å². The van der Waals surface area contributed by atoms with Gasteiger partial charge in [0.05, 0.1) is 5.56 Å². The van der Waals surface area contributed by atoms with Crippen molar-refractivity contribution >= 4 is 17.8 Å². The third-order valence-corrected chi connectivity index (χ3v) is 2.53. The molecular formula is C12H14N2O6. The minimum absolute atomic E-state index is 0.0106. The Balaban J connectivity index is 2.63. The number of nitrogens with one attached hydrogen (secondary N) is 2. The van der Waals surface area contributed by atoms with Gasteiger partial charge in [-0.05, 0) is 18.9 Å². The number of aromatic nitrogens is 1. The zero-order chi connectivity index (χ0) is 15.1. The molecule has 0 aromatic carbocycles. The highest BCUT2D eigenvalue weighted by atomic mass is 16.4. The number of carbonyl (C=O) groups excluding carboxylic acids is 1. The Morgan fingerprint density at radius 1 is 1.25 bits per heavy atom. The van der Waals surface area contributed by atoms with Crippen molar-refractivity contribution in [2.24, 2.45) is 0 Å². The smallest absolute Gasteiger partial charge is 0.326 e. The van der Waals surface area contributed by atoms with Crippen molar-refractivity contribution in [3.8, 4) is 0 Å². The van der Waals surface area contributed by atoms with Crippen LogP contribution in [0, 0.1) is 0 Å². The molecule has 0 unspecified atom stereocenters. The highest BCUT2D eigenvalue weighted by Crippen LogP contribution is 2.03. The Kier molecular flexibility index (Phi) is 5.45. The third-order valence-electron chi connectivity index (χ3n) is 2.53. The molecule has 0 aliphatic rings. The second-order valence-electron chi connectivity index (χ2n) is 4.09. The predicted molar refractivity (Wildman–Crippen MR) is 67.4 cm³/mol. The Labute approximate surface area is 113 Å². The van der Waals surface area contributed by atoms with E-state index in [1.165, 1.54) is 12.3 Å². The van der Waals surface area contributed by atoms with E-state index in [0.717, 1.165) is 6.07 Å². The van der Waals surface area contributed by atoms with Gasteiger partial charge in [0.2, 0.25) is 5.56 Å². The summed E-state index contributed by atoms with van der Waals surface area (Å²) in [7, 11) is 0. The SMILES string of the molecule is O=C(O)CCC[C@@H](NC(=O)c1ccc(=O)[nH]c1)C(=O)O.